The van der Waals surface area contributed by atoms with Gasteiger partial charge < -0.3 is 16.0 Å². The molecule has 0 aromatic carbocycles. The number of nitrogens with two attached hydrogens (primary N) is 1. The Bertz CT molecular complexity index is 237. The molecule has 5 nitrogen and oxygen atoms in total. The second kappa shape index (κ2) is 7.22. The van der Waals surface area contributed by atoms with Crippen molar-refractivity contribution >= 4 is 11.8 Å². The lowest BCUT2D eigenvalue weighted by atomic mass is 10.2. The molecule has 0 spiro atoms. The predicted octanol–water partition coefficient (Wildman–Crippen LogP) is -0.146. The lowest BCUT2D eigenvalue weighted by Crippen LogP contribution is -2.33. The van der Waals surface area contributed by atoms with Crippen LogP contribution in [0.2, 0.25) is 0 Å². The molecule has 1 rings (SSSR count). The third kappa shape index (κ3) is 5.70. The Labute approximate surface area is 96.4 Å². The first kappa shape index (κ1) is 13.0. The number of carbonyl (C=O) groups is 2. The minimum Gasteiger partial charge on any atom is -0.370 e. The van der Waals surface area contributed by atoms with E-state index >= 15 is 0 Å². The normalized spacial score (nSPS) is 16.2. The van der Waals surface area contributed by atoms with Crippen molar-refractivity contribution in [2.45, 2.75) is 32.1 Å². The van der Waals surface area contributed by atoms with Gasteiger partial charge in [-0.2, -0.15) is 0 Å². The Morgan fingerprint density at radius 1 is 1.19 bits per heavy atom. The second-order valence-electron chi connectivity index (χ2n) is 4.22. The topological polar surface area (TPSA) is 75.4 Å². The fourth-order valence-corrected chi connectivity index (χ4v) is 1.87. The number of nitrogens with zero attached hydrogens (tertiary/aromatic N) is 1. The molecule has 1 fully saturated rings. The molecule has 0 aromatic rings. The van der Waals surface area contributed by atoms with Gasteiger partial charge in [0.15, 0.2) is 0 Å². The molecule has 0 aromatic heterocycles. The number of carbonyl (C=O) groups excluding carboxylic acids is 2. The smallest absolute Gasteiger partial charge is 0.220 e. The van der Waals surface area contributed by atoms with Crippen LogP contribution in [-0.2, 0) is 9.59 Å². The Hall–Kier alpha value is -1.10. The number of hydrogen-bond donors (Lipinski definition) is 2. The van der Waals surface area contributed by atoms with Crippen molar-refractivity contribution in [2.24, 2.45) is 5.73 Å². The zero-order valence-electron chi connectivity index (χ0n) is 9.71. The molecule has 2 amide bonds. The van der Waals surface area contributed by atoms with Gasteiger partial charge in [-0.05, 0) is 32.4 Å². The van der Waals surface area contributed by atoms with E-state index in [-0.39, 0.29) is 11.8 Å². The van der Waals surface area contributed by atoms with Crippen molar-refractivity contribution in [3.8, 4) is 0 Å². The summed E-state index contributed by atoms with van der Waals surface area (Å²) in [4.78, 5) is 24.1. The molecule has 1 aliphatic rings. The number of likely N-dealkylation sites (tertiary alicyclic amines) is 1. The lowest BCUT2D eigenvalue weighted by molar-refractivity contribution is -0.121. The van der Waals surface area contributed by atoms with Crippen LogP contribution in [0.5, 0.6) is 0 Å². The van der Waals surface area contributed by atoms with Crippen molar-refractivity contribution in [1.82, 2.24) is 10.2 Å². The number of nitrogens with one attached hydrogen (secondary N) is 1. The second-order valence-corrected chi connectivity index (χ2v) is 4.22. The summed E-state index contributed by atoms with van der Waals surface area (Å²) < 4.78 is 0. The Morgan fingerprint density at radius 3 is 2.50 bits per heavy atom. The molecule has 5 heteroatoms. The van der Waals surface area contributed by atoms with Crippen LogP contribution in [0, 0.1) is 0 Å². The van der Waals surface area contributed by atoms with Crippen LogP contribution < -0.4 is 11.1 Å². The van der Waals surface area contributed by atoms with E-state index < -0.39 is 0 Å². The van der Waals surface area contributed by atoms with Gasteiger partial charge in [0.25, 0.3) is 0 Å². The summed E-state index contributed by atoms with van der Waals surface area (Å²) in [6.07, 6.45) is 3.77. The molecule has 1 aliphatic heterocycles. The molecule has 0 bridgehead atoms. The summed E-state index contributed by atoms with van der Waals surface area (Å²) in [6.45, 7) is 3.94. The first-order valence-corrected chi connectivity index (χ1v) is 5.96. The molecule has 92 valence electrons. The van der Waals surface area contributed by atoms with Crippen molar-refractivity contribution < 1.29 is 9.59 Å². The average molecular weight is 227 g/mol. The van der Waals surface area contributed by atoms with Gasteiger partial charge in [-0.1, -0.05) is 0 Å². The van der Waals surface area contributed by atoms with E-state index in [1.165, 1.54) is 12.8 Å². The van der Waals surface area contributed by atoms with E-state index in [4.69, 9.17) is 5.73 Å². The van der Waals surface area contributed by atoms with Crippen LogP contribution in [0.3, 0.4) is 0 Å². The van der Waals surface area contributed by atoms with Crippen LogP contribution in [0.15, 0.2) is 0 Å². The van der Waals surface area contributed by atoms with Crippen molar-refractivity contribution in [2.75, 3.05) is 26.2 Å². The lowest BCUT2D eigenvalue weighted by Gasteiger charge is -2.14. The first-order valence-electron chi connectivity index (χ1n) is 5.96. The van der Waals surface area contributed by atoms with Gasteiger partial charge in [-0.3, -0.25) is 9.59 Å². The summed E-state index contributed by atoms with van der Waals surface area (Å²) in [5.41, 5.74) is 4.98. The van der Waals surface area contributed by atoms with E-state index in [9.17, 15) is 9.59 Å². The average Bonchev–Trinajstić information content (AvgIpc) is 2.70. The SMILES string of the molecule is NC(=O)CCCC(=O)NCCN1CCCC1. The summed E-state index contributed by atoms with van der Waals surface area (Å²) in [5, 5.41) is 2.85. The van der Waals surface area contributed by atoms with E-state index in [2.05, 4.69) is 10.2 Å². The molecule has 0 radical (unpaired) electrons. The highest BCUT2D eigenvalue weighted by atomic mass is 16.2. The van der Waals surface area contributed by atoms with E-state index in [0.29, 0.717) is 25.8 Å². The molecule has 0 aliphatic carbocycles. The maximum absolute atomic E-state index is 11.3. The summed E-state index contributed by atoms with van der Waals surface area (Å²) in [5.74, 6) is -0.328. The standard InChI is InChI=1S/C11H21N3O2/c12-10(15)4-3-5-11(16)13-6-9-14-7-1-2-8-14/h1-9H2,(H2,12,15)(H,13,16). The molecule has 1 saturated heterocycles. The highest BCUT2D eigenvalue weighted by molar-refractivity contribution is 5.77. The third-order valence-corrected chi connectivity index (χ3v) is 2.78. The van der Waals surface area contributed by atoms with Gasteiger partial charge in [0.1, 0.15) is 0 Å². The van der Waals surface area contributed by atoms with Crippen LogP contribution in [0.25, 0.3) is 0 Å². The summed E-state index contributed by atoms with van der Waals surface area (Å²) in [7, 11) is 0. The van der Waals surface area contributed by atoms with Gasteiger partial charge in [0.05, 0.1) is 0 Å². The van der Waals surface area contributed by atoms with Gasteiger partial charge >= 0.3 is 0 Å². The number of primary amides is 1. The molecule has 0 atom stereocenters. The molecule has 1 heterocycles. The van der Waals surface area contributed by atoms with Crippen molar-refractivity contribution in [3.63, 3.8) is 0 Å². The maximum Gasteiger partial charge on any atom is 0.220 e. The molecule has 16 heavy (non-hydrogen) atoms. The number of hydrogen-bond acceptors (Lipinski definition) is 3. The first-order chi connectivity index (χ1) is 7.68. The molecule has 0 unspecified atom stereocenters. The summed E-state index contributed by atoms with van der Waals surface area (Å²) in [6, 6.07) is 0. The van der Waals surface area contributed by atoms with Gasteiger partial charge in [0.2, 0.25) is 11.8 Å². The van der Waals surface area contributed by atoms with Gasteiger partial charge in [0, 0.05) is 25.9 Å². The minimum atomic E-state index is -0.343. The van der Waals surface area contributed by atoms with E-state index in [0.717, 1.165) is 19.6 Å². The molecular formula is C11H21N3O2. The van der Waals surface area contributed by atoms with Crippen LogP contribution in [0.1, 0.15) is 32.1 Å². The highest BCUT2D eigenvalue weighted by Gasteiger charge is 2.10. The fourth-order valence-electron chi connectivity index (χ4n) is 1.87. The van der Waals surface area contributed by atoms with Crippen molar-refractivity contribution in [1.29, 1.82) is 0 Å². The van der Waals surface area contributed by atoms with E-state index in [1.807, 2.05) is 0 Å². The Morgan fingerprint density at radius 2 is 1.88 bits per heavy atom. The molecular weight excluding hydrogens is 206 g/mol. The zero-order chi connectivity index (χ0) is 11.8. The van der Waals surface area contributed by atoms with Crippen LogP contribution in [0.4, 0.5) is 0 Å². The molecule has 3 N–H and O–H groups in total. The predicted molar refractivity (Wildman–Crippen MR) is 61.7 cm³/mol. The Balaban J connectivity index is 1.95. The number of rotatable bonds is 7. The van der Waals surface area contributed by atoms with E-state index in [1.54, 1.807) is 0 Å². The fraction of sp³-hybridized carbons (Fsp3) is 0.818. The largest absolute Gasteiger partial charge is 0.370 e. The zero-order valence-corrected chi connectivity index (χ0v) is 9.71. The highest BCUT2D eigenvalue weighted by Crippen LogP contribution is 2.05. The quantitative estimate of drug-likeness (QED) is 0.635. The number of amides is 2. The minimum absolute atomic E-state index is 0.0143. The van der Waals surface area contributed by atoms with Gasteiger partial charge in [-0.15, -0.1) is 0 Å². The summed E-state index contributed by atoms with van der Waals surface area (Å²) >= 11 is 0. The maximum atomic E-state index is 11.3. The van der Waals surface area contributed by atoms with Gasteiger partial charge in [-0.25, -0.2) is 0 Å². The third-order valence-electron chi connectivity index (χ3n) is 2.78. The van der Waals surface area contributed by atoms with Crippen LogP contribution in [-0.4, -0.2) is 42.9 Å². The van der Waals surface area contributed by atoms with Crippen LogP contribution >= 0.6 is 0 Å². The molecule has 0 saturated carbocycles. The van der Waals surface area contributed by atoms with Crippen molar-refractivity contribution in [3.05, 3.63) is 0 Å². The Kier molecular flexibility index (Phi) is 5.85. The monoisotopic (exact) mass is 227 g/mol.